The summed E-state index contributed by atoms with van der Waals surface area (Å²) in [7, 11) is 0. The molecule has 0 unspecified atom stereocenters. The highest BCUT2D eigenvalue weighted by Crippen LogP contribution is 2.25. The van der Waals surface area contributed by atoms with E-state index in [1.54, 1.807) is 24.0 Å². The van der Waals surface area contributed by atoms with Gasteiger partial charge in [0.2, 0.25) is 5.91 Å². The molecule has 3 atom stereocenters. The van der Waals surface area contributed by atoms with E-state index >= 15 is 0 Å². The average Bonchev–Trinajstić information content (AvgIpc) is 3.28. The number of aryl methyl sites for hydroxylation is 1. The minimum Gasteiger partial charge on any atom is -0.391 e. The van der Waals surface area contributed by atoms with Crippen LogP contribution < -0.4 is 10.6 Å². The zero-order chi connectivity index (χ0) is 18.5. The van der Waals surface area contributed by atoms with Gasteiger partial charge in [0.05, 0.1) is 42.3 Å². The summed E-state index contributed by atoms with van der Waals surface area (Å²) in [6, 6.07) is -0.483. The Bertz CT molecular complexity index is 748. The molecule has 0 bridgehead atoms. The molecule has 0 radical (unpaired) electrons. The monoisotopic (exact) mass is 379 g/mol. The second-order valence-electron chi connectivity index (χ2n) is 6.31. The number of carbonyl (C=O) groups is 2. The van der Waals surface area contributed by atoms with Gasteiger partial charge in [-0.15, -0.1) is 5.10 Å². The molecule has 2 aromatic rings. The second kappa shape index (κ2) is 8.32. The first-order valence-electron chi connectivity index (χ1n) is 8.44. The molecule has 11 heteroatoms. The molecule has 1 fully saturated rings. The van der Waals surface area contributed by atoms with Crippen molar-refractivity contribution in [1.29, 1.82) is 0 Å². The lowest BCUT2D eigenvalue weighted by atomic mass is 9.83. The van der Waals surface area contributed by atoms with Crippen molar-refractivity contribution in [1.82, 2.24) is 34.4 Å². The summed E-state index contributed by atoms with van der Waals surface area (Å²) in [5.41, 5.74) is 0.821. The molecule has 1 aliphatic carbocycles. The highest BCUT2D eigenvalue weighted by molar-refractivity contribution is 6.99. The number of carbonyl (C=O) groups excluding carboxylic acids is 2. The molecule has 0 spiro atoms. The summed E-state index contributed by atoms with van der Waals surface area (Å²) >= 11 is 0.972. The third kappa shape index (κ3) is 4.41. The molecule has 2 aromatic heterocycles. The van der Waals surface area contributed by atoms with Crippen LogP contribution >= 0.6 is 11.7 Å². The van der Waals surface area contributed by atoms with Gasteiger partial charge >= 0.3 is 0 Å². The Labute approximate surface area is 154 Å². The molecular formula is C15H21N7O3S. The summed E-state index contributed by atoms with van der Waals surface area (Å²) in [6.07, 6.45) is 4.06. The van der Waals surface area contributed by atoms with Crippen LogP contribution in [0.3, 0.4) is 0 Å². The van der Waals surface area contributed by atoms with Crippen molar-refractivity contribution >= 4 is 23.5 Å². The minimum absolute atomic E-state index is 0.0808. The van der Waals surface area contributed by atoms with E-state index in [0.29, 0.717) is 38.0 Å². The molecule has 0 aliphatic heterocycles. The fourth-order valence-electron chi connectivity index (χ4n) is 3.01. The number of aliphatic hydroxyl groups is 1. The lowest BCUT2D eigenvalue weighted by Gasteiger charge is -2.33. The number of hydrogen-bond acceptors (Lipinski definition) is 8. The normalized spacial score (nSPS) is 22.8. The molecule has 0 aromatic carbocycles. The van der Waals surface area contributed by atoms with E-state index in [1.165, 1.54) is 0 Å². The SMILES string of the molecule is Cc1nsnc1C(=O)N[C@@H]1C[C@@H](C(=O)NCCn2ccnn2)CC[C@H]1O. The molecule has 1 aliphatic rings. The summed E-state index contributed by atoms with van der Waals surface area (Å²) in [5, 5.41) is 23.4. The van der Waals surface area contributed by atoms with E-state index in [1.807, 2.05) is 0 Å². The highest BCUT2D eigenvalue weighted by atomic mass is 32.1. The summed E-state index contributed by atoms with van der Waals surface area (Å²) in [4.78, 5) is 24.7. The average molecular weight is 379 g/mol. The first kappa shape index (κ1) is 18.4. The molecule has 3 N–H and O–H groups in total. The Morgan fingerprint density at radius 1 is 1.38 bits per heavy atom. The van der Waals surface area contributed by atoms with Crippen LogP contribution in [0.1, 0.15) is 35.4 Å². The Hall–Kier alpha value is -2.40. The van der Waals surface area contributed by atoms with Crippen molar-refractivity contribution in [3.8, 4) is 0 Å². The van der Waals surface area contributed by atoms with Crippen LogP contribution in [-0.4, -0.2) is 59.4 Å². The van der Waals surface area contributed by atoms with Crippen LogP contribution in [0.4, 0.5) is 0 Å². The van der Waals surface area contributed by atoms with Crippen LogP contribution in [0.2, 0.25) is 0 Å². The summed E-state index contributed by atoms with van der Waals surface area (Å²) < 4.78 is 9.59. The molecular weight excluding hydrogens is 358 g/mol. The van der Waals surface area contributed by atoms with Crippen molar-refractivity contribution in [2.45, 2.75) is 44.9 Å². The number of rotatable bonds is 6. The maximum Gasteiger partial charge on any atom is 0.273 e. The third-order valence-corrected chi connectivity index (χ3v) is 5.10. The molecule has 3 rings (SSSR count). The van der Waals surface area contributed by atoms with E-state index in [0.717, 1.165) is 11.7 Å². The Kier molecular flexibility index (Phi) is 5.89. The van der Waals surface area contributed by atoms with Crippen molar-refractivity contribution in [2.24, 2.45) is 5.92 Å². The molecule has 2 heterocycles. The van der Waals surface area contributed by atoms with Crippen LogP contribution in [-0.2, 0) is 11.3 Å². The predicted molar refractivity (Wildman–Crippen MR) is 92.3 cm³/mol. The number of nitrogens with zero attached hydrogens (tertiary/aromatic N) is 5. The van der Waals surface area contributed by atoms with Gasteiger partial charge in [0, 0.05) is 18.7 Å². The zero-order valence-electron chi connectivity index (χ0n) is 14.3. The zero-order valence-corrected chi connectivity index (χ0v) is 15.1. The first-order chi connectivity index (χ1) is 12.5. The van der Waals surface area contributed by atoms with E-state index in [-0.39, 0.29) is 23.4 Å². The van der Waals surface area contributed by atoms with Crippen LogP contribution in [0.15, 0.2) is 12.4 Å². The van der Waals surface area contributed by atoms with Crippen LogP contribution in [0.5, 0.6) is 0 Å². The van der Waals surface area contributed by atoms with Gasteiger partial charge in [-0.2, -0.15) is 8.75 Å². The van der Waals surface area contributed by atoms with Gasteiger partial charge < -0.3 is 15.7 Å². The number of amides is 2. The van der Waals surface area contributed by atoms with E-state index < -0.39 is 12.1 Å². The van der Waals surface area contributed by atoms with Gasteiger partial charge in [0.25, 0.3) is 5.91 Å². The number of aliphatic hydroxyl groups excluding tert-OH is 1. The maximum absolute atomic E-state index is 12.4. The van der Waals surface area contributed by atoms with Gasteiger partial charge in [-0.25, -0.2) is 0 Å². The number of hydrogen-bond donors (Lipinski definition) is 3. The van der Waals surface area contributed by atoms with Crippen LogP contribution in [0.25, 0.3) is 0 Å². The van der Waals surface area contributed by atoms with Crippen molar-refractivity contribution < 1.29 is 14.7 Å². The lowest BCUT2D eigenvalue weighted by molar-refractivity contribution is -0.127. The fourth-order valence-corrected chi connectivity index (χ4v) is 3.56. The lowest BCUT2D eigenvalue weighted by Crippen LogP contribution is -2.49. The minimum atomic E-state index is -0.676. The Morgan fingerprint density at radius 3 is 2.92 bits per heavy atom. The molecule has 10 nitrogen and oxygen atoms in total. The molecule has 2 amide bonds. The van der Waals surface area contributed by atoms with Crippen molar-refractivity contribution in [3.05, 3.63) is 23.8 Å². The summed E-state index contributed by atoms with van der Waals surface area (Å²) in [6.45, 7) is 2.69. The van der Waals surface area contributed by atoms with Crippen molar-refractivity contribution in [2.75, 3.05) is 6.54 Å². The topological polar surface area (TPSA) is 135 Å². The van der Waals surface area contributed by atoms with Gasteiger partial charge in [-0.05, 0) is 26.2 Å². The van der Waals surface area contributed by atoms with Crippen molar-refractivity contribution in [3.63, 3.8) is 0 Å². The molecule has 0 saturated heterocycles. The Morgan fingerprint density at radius 2 is 2.23 bits per heavy atom. The first-order valence-corrected chi connectivity index (χ1v) is 9.17. The fraction of sp³-hybridized carbons (Fsp3) is 0.600. The van der Waals surface area contributed by atoms with E-state index in [9.17, 15) is 14.7 Å². The van der Waals surface area contributed by atoms with Gasteiger partial charge in [-0.1, -0.05) is 5.21 Å². The summed E-state index contributed by atoms with van der Waals surface area (Å²) in [5.74, 6) is -0.704. The predicted octanol–water partition coefficient (Wildman–Crippen LogP) is -0.486. The quantitative estimate of drug-likeness (QED) is 0.616. The smallest absolute Gasteiger partial charge is 0.273 e. The third-order valence-electron chi connectivity index (χ3n) is 4.48. The van der Waals surface area contributed by atoms with E-state index in [2.05, 4.69) is 29.7 Å². The van der Waals surface area contributed by atoms with Crippen LogP contribution in [0, 0.1) is 12.8 Å². The highest BCUT2D eigenvalue weighted by Gasteiger charge is 2.34. The molecule has 140 valence electrons. The number of nitrogens with one attached hydrogen (secondary N) is 2. The van der Waals surface area contributed by atoms with E-state index in [4.69, 9.17) is 0 Å². The van der Waals surface area contributed by atoms with Gasteiger partial charge in [0.15, 0.2) is 5.69 Å². The van der Waals surface area contributed by atoms with Gasteiger partial charge in [0.1, 0.15) is 0 Å². The second-order valence-corrected chi connectivity index (χ2v) is 6.84. The molecule has 26 heavy (non-hydrogen) atoms. The molecule has 1 saturated carbocycles. The maximum atomic E-state index is 12.4. The standard InChI is InChI=1S/C15H21N7O3S/c1-9-13(20-26-19-9)15(25)18-11-8-10(2-3-12(11)23)14(24)16-4-6-22-7-5-17-21-22/h5,7,10-12,23H,2-4,6,8H2,1H3,(H,16,24)(H,18,25)/t10-,11+,12+/m0/s1. The van der Waals surface area contributed by atoms with Gasteiger partial charge in [-0.3, -0.25) is 14.3 Å². The number of aromatic nitrogens is 5. The largest absolute Gasteiger partial charge is 0.391 e. The Balaban J connectivity index is 1.51.